The molecule has 0 aliphatic rings. The summed E-state index contributed by atoms with van der Waals surface area (Å²) in [6.45, 7) is 3.76. The summed E-state index contributed by atoms with van der Waals surface area (Å²) in [4.78, 5) is 8.70. The summed E-state index contributed by atoms with van der Waals surface area (Å²) >= 11 is 6.05. The van der Waals surface area contributed by atoms with Crippen LogP contribution in [0, 0.1) is 0 Å². The van der Waals surface area contributed by atoms with Crippen molar-refractivity contribution in [2.75, 3.05) is 5.32 Å². The van der Waals surface area contributed by atoms with Crippen molar-refractivity contribution in [1.82, 2.24) is 9.97 Å². The van der Waals surface area contributed by atoms with Gasteiger partial charge < -0.3 is 10.4 Å². The third-order valence-corrected chi connectivity index (χ3v) is 3.01. The van der Waals surface area contributed by atoms with Crippen molar-refractivity contribution in [2.24, 2.45) is 0 Å². The molecule has 2 N–H and O–H groups in total. The van der Waals surface area contributed by atoms with Gasteiger partial charge in [-0.15, -0.1) is 0 Å². The number of aliphatic hydroxyl groups excluding tert-OH is 1. The number of nitrogens with zero attached hydrogens (tertiary/aromatic N) is 2. The van der Waals surface area contributed by atoms with Gasteiger partial charge in [-0.1, -0.05) is 41.9 Å². The van der Waals surface area contributed by atoms with E-state index in [0.29, 0.717) is 23.2 Å². The van der Waals surface area contributed by atoms with E-state index in [0.717, 1.165) is 5.56 Å². The molecule has 5 heteroatoms. The second-order valence-electron chi connectivity index (χ2n) is 4.90. The monoisotopic (exact) mass is 291 g/mol. The molecule has 0 radical (unpaired) electrons. The van der Waals surface area contributed by atoms with Crippen LogP contribution in [0.15, 0.2) is 36.4 Å². The molecular weight excluding hydrogens is 274 g/mol. The SMILES string of the molecule is CC(O)CC(C)Nc1cc(Cl)nc(-c2ccccc2)n1. The highest BCUT2D eigenvalue weighted by Crippen LogP contribution is 2.20. The minimum atomic E-state index is -0.358. The average Bonchev–Trinajstić information content (AvgIpc) is 2.38. The molecule has 2 unspecified atom stereocenters. The van der Waals surface area contributed by atoms with Gasteiger partial charge in [-0.2, -0.15) is 0 Å². The Morgan fingerprint density at radius 3 is 2.55 bits per heavy atom. The van der Waals surface area contributed by atoms with Gasteiger partial charge in [0.25, 0.3) is 0 Å². The molecule has 1 heterocycles. The van der Waals surface area contributed by atoms with Gasteiger partial charge in [0.05, 0.1) is 6.10 Å². The van der Waals surface area contributed by atoms with Crippen molar-refractivity contribution in [2.45, 2.75) is 32.4 Å². The zero-order valence-electron chi connectivity index (χ0n) is 11.5. The third kappa shape index (κ3) is 4.18. The number of rotatable bonds is 5. The van der Waals surface area contributed by atoms with Crippen LogP contribution in [0.5, 0.6) is 0 Å². The smallest absolute Gasteiger partial charge is 0.163 e. The third-order valence-electron chi connectivity index (χ3n) is 2.82. The van der Waals surface area contributed by atoms with Crippen LogP contribution in [0.25, 0.3) is 11.4 Å². The summed E-state index contributed by atoms with van der Waals surface area (Å²) in [5.41, 5.74) is 0.918. The second kappa shape index (κ2) is 6.68. The fraction of sp³-hybridized carbons (Fsp3) is 0.333. The molecule has 0 bridgehead atoms. The number of nitrogens with one attached hydrogen (secondary N) is 1. The summed E-state index contributed by atoms with van der Waals surface area (Å²) in [5, 5.41) is 13.0. The van der Waals surface area contributed by atoms with Crippen LogP contribution in [0.1, 0.15) is 20.3 Å². The molecule has 106 valence electrons. The molecule has 0 fully saturated rings. The van der Waals surface area contributed by atoms with Crippen LogP contribution in [0.2, 0.25) is 5.15 Å². The first-order valence-corrected chi connectivity index (χ1v) is 6.97. The highest BCUT2D eigenvalue weighted by Gasteiger charge is 2.10. The fourth-order valence-corrected chi connectivity index (χ4v) is 2.21. The summed E-state index contributed by atoms with van der Waals surface area (Å²) in [6.07, 6.45) is 0.283. The Hall–Kier alpha value is -1.65. The molecule has 1 aromatic carbocycles. The minimum absolute atomic E-state index is 0.101. The lowest BCUT2D eigenvalue weighted by Gasteiger charge is -2.16. The van der Waals surface area contributed by atoms with Gasteiger partial charge in [0, 0.05) is 17.7 Å². The fourth-order valence-electron chi connectivity index (χ4n) is 2.03. The Morgan fingerprint density at radius 2 is 1.90 bits per heavy atom. The number of anilines is 1. The normalized spacial score (nSPS) is 13.8. The molecule has 4 nitrogen and oxygen atoms in total. The maximum atomic E-state index is 9.39. The van der Waals surface area contributed by atoms with E-state index in [1.54, 1.807) is 13.0 Å². The maximum Gasteiger partial charge on any atom is 0.163 e. The van der Waals surface area contributed by atoms with Crippen molar-refractivity contribution in [3.05, 3.63) is 41.6 Å². The standard InChI is InChI=1S/C15H18ClN3O/c1-10(8-11(2)20)17-14-9-13(16)18-15(19-14)12-6-4-3-5-7-12/h3-7,9-11,20H,8H2,1-2H3,(H,17,18,19). The molecule has 2 aromatic rings. The largest absolute Gasteiger partial charge is 0.393 e. The number of halogens is 1. The molecule has 0 amide bonds. The quantitative estimate of drug-likeness (QED) is 0.829. The Kier molecular flexibility index (Phi) is 4.93. The summed E-state index contributed by atoms with van der Waals surface area (Å²) in [7, 11) is 0. The summed E-state index contributed by atoms with van der Waals surface area (Å²) in [5.74, 6) is 1.25. The molecule has 1 aromatic heterocycles. The number of hydrogen-bond donors (Lipinski definition) is 2. The van der Waals surface area contributed by atoms with E-state index < -0.39 is 0 Å². The van der Waals surface area contributed by atoms with Gasteiger partial charge in [0.2, 0.25) is 0 Å². The lowest BCUT2D eigenvalue weighted by atomic mass is 10.1. The summed E-state index contributed by atoms with van der Waals surface area (Å²) in [6, 6.07) is 11.5. The van der Waals surface area contributed by atoms with Crippen molar-refractivity contribution < 1.29 is 5.11 Å². The van der Waals surface area contributed by atoms with Crippen LogP contribution in [-0.2, 0) is 0 Å². The van der Waals surface area contributed by atoms with Gasteiger partial charge in [0.1, 0.15) is 11.0 Å². The first-order valence-electron chi connectivity index (χ1n) is 6.59. The lowest BCUT2D eigenvalue weighted by molar-refractivity contribution is 0.179. The van der Waals surface area contributed by atoms with Crippen LogP contribution in [0.3, 0.4) is 0 Å². The highest BCUT2D eigenvalue weighted by atomic mass is 35.5. The predicted molar refractivity (Wildman–Crippen MR) is 81.9 cm³/mol. The Balaban J connectivity index is 2.21. The van der Waals surface area contributed by atoms with Gasteiger partial charge >= 0.3 is 0 Å². The Morgan fingerprint density at radius 1 is 1.20 bits per heavy atom. The lowest BCUT2D eigenvalue weighted by Crippen LogP contribution is -2.21. The molecule has 20 heavy (non-hydrogen) atoms. The van der Waals surface area contributed by atoms with Crippen LogP contribution in [0.4, 0.5) is 5.82 Å². The number of aliphatic hydroxyl groups is 1. The molecule has 0 aliphatic carbocycles. The number of aromatic nitrogens is 2. The molecule has 0 spiro atoms. The first kappa shape index (κ1) is 14.8. The molecule has 0 saturated heterocycles. The van der Waals surface area contributed by atoms with Gasteiger partial charge in [-0.05, 0) is 20.3 Å². The van der Waals surface area contributed by atoms with E-state index in [-0.39, 0.29) is 12.1 Å². The molecule has 0 aliphatic heterocycles. The van der Waals surface area contributed by atoms with E-state index in [9.17, 15) is 5.11 Å². The first-order chi connectivity index (χ1) is 9.54. The van der Waals surface area contributed by atoms with Crippen molar-refractivity contribution in [1.29, 1.82) is 0 Å². The van der Waals surface area contributed by atoms with Gasteiger partial charge in [-0.25, -0.2) is 9.97 Å². The highest BCUT2D eigenvalue weighted by molar-refractivity contribution is 6.29. The Bertz CT molecular complexity index is 560. The summed E-state index contributed by atoms with van der Waals surface area (Å²) < 4.78 is 0. The van der Waals surface area contributed by atoms with Crippen molar-refractivity contribution in [3.8, 4) is 11.4 Å². The van der Waals surface area contributed by atoms with Crippen LogP contribution >= 0.6 is 11.6 Å². The molecular formula is C15H18ClN3O. The predicted octanol–water partition coefficient (Wildman–Crippen LogP) is 3.37. The van der Waals surface area contributed by atoms with Gasteiger partial charge in [0.15, 0.2) is 5.82 Å². The van der Waals surface area contributed by atoms with Gasteiger partial charge in [-0.3, -0.25) is 0 Å². The zero-order chi connectivity index (χ0) is 14.5. The second-order valence-corrected chi connectivity index (χ2v) is 5.28. The number of hydrogen-bond acceptors (Lipinski definition) is 4. The topological polar surface area (TPSA) is 58.0 Å². The number of benzene rings is 1. The zero-order valence-corrected chi connectivity index (χ0v) is 12.3. The van der Waals surface area contributed by atoms with E-state index in [2.05, 4.69) is 15.3 Å². The maximum absolute atomic E-state index is 9.39. The van der Waals surface area contributed by atoms with E-state index >= 15 is 0 Å². The Labute approximate surface area is 123 Å². The molecule has 2 atom stereocenters. The minimum Gasteiger partial charge on any atom is -0.393 e. The van der Waals surface area contributed by atoms with Crippen molar-refractivity contribution >= 4 is 17.4 Å². The van der Waals surface area contributed by atoms with E-state index in [1.165, 1.54) is 0 Å². The van der Waals surface area contributed by atoms with Crippen molar-refractivity contribution in [3.63, 3.8) is 0 Å². The van der Waals surface area contributed by atoms with E-state index in [4.69, 9.17) is 11.6 Å². The molecule has 0 saturated carbocycles. The van der Waals surface area contributed by atoms with Crippen LogP contribution in [-0.4, -0.2) is 27.2 Å². The average molecular weight is 292 g/mol. The van der Waals surface area contributed by atoms with E-state index in [1.807, 2.05) is 37.3 Å². The van der Waals surface area contributed by atoms with Crippen LogP contribution < -0.4 is 5.32 Å². The molecule has 2 rings (SSSR count).